The van der Waals surface area contributed by atoms with Gasteiger partial charge in [-0.05, 0) is 37.5 Å². The fraction of sp³-hybridized carbons (Fsp3) is 0.500. The van der Waals surface area contributed by atoms with E-state index in [-0.39, 0.29) is 6.04 Å². The standard InChI is InChI=1S/C20H26N2O/c1-3-4-10-17-11-12-19-20-13-18(14-21(17)19)23-22(20)15(2)16-8-6-5-7-9-16/h5-9,11-12,15,18,20H,3-4,10,13-14H2,1-2H3/t15-,18+,20-/m1/s1. The van der Waals surface area contributed by atoms with E-state index >= 15 is 0 Å². The van der Waals surface area contributed by atoms with Gasteiger partial charge in [-0.3, -0.25) is 4.84 Å². The molecule has 3 atom stereocenters. The molecule has 1 aromatic carbocycles. The van der Waals surface area contributed by atoms with Crippen LogP contribution in [0.4, 0.5) is 0 Å². The Morgan fingerprint density at radius 1 is 1.17 bits per heavy atom. The van der Waals surface area contributed by atoms with Gasteiger partial charge in [0, 0.05) is 17.8 Å². The molecule has 2 aromatic rings. The van der Waals surface area contributed by atoms with E-state index < -0.39 is 0 Å². The Labute approximate surface area is 138 Å². The lowest BCUT2D eigenvalue weighted by atomic mass is 10.0. The molecule has 0 spiro atoms. The Bertz CT molecular complexity index is 664. The third-order valence-corrected chi connectivity index (χ3v) is 5.35. The molecular weight excluding hydrogens is 284 g/mol. The van der Waals surface area contributed by atoms with Crippen LogP contribution in [0, 0.1) is 0 Å². The lowest BCUT2D eigenvalue weighted by Gasteiger charge is -2.29. The number of hydroxylamine groups is 2. The summed E-state index contributed by atoms with van der Waals surface area (Å²) in [6.07, 6.45) is 5.15. The smallest absolute Gasteiger partial charge is 0.0991 e. The first-order valence-electron chi connectivity index (χ1n) is 8.96. The number of unbranched alkanes of at least 4 members (excludes halogenated alkanes) is 1. The number of hydrogen-bond acceptors (Lipinski definition) is 2. The minimum atomic E-state index is 0.284. The second kappa shape index (κ2) is 6.14. The normalized spacial score (nSPS) is 24.6. The Morgan fingerprint density at radius 3 is 2.78 bits per heavy atom. The average molecular weight is 310 g/mol. The van der Waals surface area contributed by atoms with Crippen LogP contribution < -0.4 is 0 Å². The second-order valence-corrected chi connectivity index (χ2v) is 6.89. The molecule has 23 heavy (non-hydrogen) atoms. The number of hydrogen-bond donors (Lipinski definition) is 0. The van der Waals surface area contributed by atoms with E-state index in [1.165, 1.54) is 36.2 Å². The summed E-state index contributed by atoms with van der Waals surface area (Å²) in [7, 11) is 0. The van der Waals surface area contributed by atoms with Crippen molar-refractivity contribution in [3.05, 3.63) is 59.4 Å². The van der Waals surface area contributed by atoms with Crippen molar-refractivity contribution in [2.45, 2.75) is 64.3 Å². The molecule has 2 aliphatic rings. The third kappa shape index (κ3) is 2.62. The van der Waals surface area contributed by atoms with Gasteiger partial charge in [-0.2, -0.15) is 5.06 Å². The maximum absolute atomic E-state index is 6.31. The highest BCUT2D eigenvalue weighted by Crippen LogP contribution is 2.44. The Kier molecular flexibility index (Phi) is 4.00. The van der Waals surface area contributed by atoms with Gasteiger partial charge in [-0.15, -0.1) is 0 Å². The van der Waals surface area contributed by atoms with Crippen molar-refractivity contribution in [1.29, 1.82) is 0 Å². The molecule has 1 aromatic heterocycles. The van der Waals surface area contributed by atoms with Gasteiger partial charge in [0.1, 0.15) is 0 Å². The van der Waals surface area contributed by atoms with Crippen molar-refractivity contribution < 1.29 is 4.84 Å². The van der Waals surface area contributed by atoms with Crippen molar-refractivity contribution in [2.75, 3.05) is 0 Å². The lowest BCUT2D eigenvalue weighted by molar-refractivity contribution is -0.185. The van der Waals surface area contributed by atoms with Crippen molar-refractivity contribution in [3.63, 3.8) is 0 Å². The highest BCUT2D eigenvalue weighted by atomic mass is 16.7. The van der Waals surface area contributed by atoms with Crippen LogP contribution in [-0.4, -0.2) is 15.7 Å². The molecule has 0 unspecified atom stereocenters. The lowest BCUT2D eigenvalue weighted by Crippen LogP contribution is -2.26. The van der Waals surface area contributed by atoms with Crippen molar-refractivity contribution in [3.8, 4) is 0 Å². The van der Waals surface area contributed by atoms with Crippen LogP contribution in [0.2, 0.25) is 0 Å². The molecular formula is C20H26N2O. The van der Waals surface area contributed by atoms with Crippen LogP contribution in [0.25, 0.3) is 0 Å². The summed E-state index contributed by atoms with van der Waals surface area (Å²) in [4.78, 5) is 6.31. The molecule has 2 bridgehead atoms. The third-order valence-electron chi connectivity index (χ3n) is 5.35. The summed E-state index contributed by atoms with van der Waals surface area (Å²) in [5.74, 6) is 0. The van der Waals surface area contributed by atoms with Crippen LogP contribution >= 0.6 is 0 Å². The molecule has 122 valence electrons. The van der Waals surface area contributed by atoms with Crippen LogP contribution in [-0.2, 0) is 17.8 Å². The zero-order valence-corrected chi connectivity index (χ0v) is 14.1. The molecule has 0 amide bonds. The fourth-order valence-electron chi connectivity index (χ4n) is 4.06. The molecule has 1 fully saturated rings. The van der Waals surface area contributed by atoms with Gasteiger partial charge in [-0.1, -0.05) is 43.7 Å². The van der Waals surface area contributed by atoms with Crippen molar-refractivity contribution in [1.82, 2.24) is 9.63 Å². The monoisotopic (exact) mass is 310 g/mol. The molecule has 0 radical (unpaired) electrons. The van der Waals surface area contributed by atoms with Gasteiger partial charge >= 0.3 is 0 Å². The zero-order chi connectivity index (χ0) is 15.8. The quantitative estimate of drug-likeness (QED) is 0.799. The minimum absolute atomic E-state index is 0.284. The van der Waals surface area contributed by atoms with Gasteiger partial charge in [0.15, 0.2) is 0 Å². The van der Waals surface area contributed by atoms with Gasteiger partial charge in [0.2, 0.25) is 0 Å². The maximum atomic E-state index is 6.31. The number of nitrogens with zero attached hydrogens (tertiary/aromatic N) is 2. The summed E-state index contributed by atoms with van der Waals surface area (Å²) in [6.45, 7) is 5.52. The fourth-order valence-corrected chi connectivity index (χ4v) is 4.06. The highest BCUT2D eigenvalue weighted by molar-refractivity contribution is 5.25. The number of aromatic nitrogens is 1. The Morgan fingerprint density at radius 2 is 2.00 bits per heavy atom. The molecule has 0 N–H and O–H groups in total. The molecule has 3 heterocycles. The zero-order valence-electron chi connectivity index (χ0n) is 14.1. The van der Waals surface area contributed by atoms with Gasteiger partial charge in [-0.25, -0.2) is 0 Å². The highest BCUT2D eigenvalue weighted by Gasteiger charge is 2.43. The van der Waals surface area contributed by atoms with E-state index in [0.29, 0.717) is 12.1 Å². The van der Waals surface area contributed by atoms with Gasteiger partial charge in [0.25, 0.3) is 0 Å². The maximum Gasteiger partial charge on any atom is 0.0991 e. The summed E-state index contributed by atoms with van der Waals surface area (Å²) in [6, 6.07) is 16.0. The van der Waals surface area contributed by atoms with E-state index in [9.17, 15) is 0 Å². The average Bonchev–Trinajstić information content (AvgIpc) is 3.16. The second-order valence-electron chi connectivity index (χ2n) is 6.89. The van der Waals surface area contributed by atoms with Crippen molar-refractivity contribution in [2.24, 2.45) is 0 Å². The van der Waals surface area contributed by atoms with Gasteiger partial charge in [0.05, 0.1) is 24.7 Å². The molecule has 2 aliphatic heterocycles. The number of fused-ring (bicyclic) bond motifs is 4. The number of rotatable bonds is 5. The summed E-state index contributed by atoms with van der Waals surface area (Å²) in [5, 5.41) is 2.24. The minimum Gasteiger partial charge on any atom is -0.344 e. The predicted molar refractivity (Wildman–Crippen MR) is 92.0 cm³/mol. The first-order valence-corrected chi connectivity index (χ1v) is 8.96. The number of benzene rings is 1. The summed E-state index contributed by atoms with van der Waals surface area (Å²) < 4.78 is 2.52. The van der Waals surface area contributed by atoms with E-state index in [1.807, 2.05) is 0 Å². The van der Waals surface area contributed by atoms with Crippen molar-refractivity contribution >= 4 is 0 Å². The van der Waals surface area contributed by atoms with Crippen LogP contribution in [0.5, 0.6) is 0 Å². The van der Waals surface area contributed by atoms with Crippen LogP contribution in [0.15, 0.2) is 42.5 Å². The summed E-state index contributed by atoms with van der Waals surface area (Å²) in [5.41, 5.74) is 4.24. The van der Waals surface area contributed by atoms with E-state index in [0.717, 1.165) is 13.0 Å². The Hall–Kier alpha value is -1.58. The predicted octanol–water partition coefficient (Wildman–Crippen LogP) is 4.65. The van der Waals surface area contributed by atoms with Crippen LogP contribution in [0.1, 0.15) is 62.1 Å². The summed E-state index contributed by atoms with van der Waals surface area (Å²) >= 11 is 0. The van der Waals surface area contributed by atoms with E-state index in [1.54, 1.807) is 0 Å². The topological polar surface area (TPSA) is 17.4 Å². The molecule has 3 nitrogen and oxygen atoms in total. The molecule has 1 saturated heterocycles. The molecule has 3 heteroatoms. The molecule has 4 rings (SSSR count). The SMILES string of the molecule is CCCCc1ccc2n1C[C@@H]1C[C@H]2N([C@H](C)c2ccccc2)O1. The first-order chi connectivity index (χ1) is 11.3. The van der Waals surface area contributed by atoms with E-state index in [4.69, 9.17) is 4.84 Å². The molecule has 0 saturated carbocycles. The molecule has 0 aliphatic carbocycles. The largest absolute Gasteiger partial charge is 0.344 e. The number of aryl methyl sites for hydroxylation is 1. The Balaban J connectivity index is 1.60. The first kappa shape index (κ1) is 15.0. The van der Waals surface area contributed by atoms with Crippen LogP contribution in [0.3, 0.4) is 0 Å². The van der Waals surface area contributed by atoms with E-state index in [2.05, 4.69) is 65.9 Å². The van der Waals surface area contributed by atoms with Gasteiger partial charge < -0.3 is 4.57 Å².